The number of hydrogen-bond acceptors (Lipinski definition) is 9. The van der Waals surface area contributed by atoms with Crippen molar-refractivity contribution in [1.82, 2.24) is 25.1 Å². The Balaban J connectivity index is 1.37. The van der Waals surface area contributed by atoms with Gasteiger partial charge in [0.25, 0.3) is 5.91 Å². The van der Waals surface area contributed by atoms with Gasteiger partial charge in [-0.25, -0.2) is 14.8 Å². The van der Waals surface area contributed by atoms with Gasteiger partial charge in [0.1, 0.15) is 10.8 Å². The molecule has 0 fully saturated rings. The number of aromatic nitrogens is 4. The van der Waals surface area contributed by atoms with E-state index >= 15 is 0 Å². The van der Waals surface area contributed by atoms with Crippen molar-refractivity contribution in [2.75, 3.05) is 37.4 Å². The number of anilines is 2. The van der Waals surface area contributed by atoms with Gasteiger partial charge in [-0.2, -0.15) is 5.10 Å². The van der Waals surface area contributed by atoms with Crippen LogP contribution in [0, 0.1) is 0 Å². The Kier molecular flexibility index (Phi) is 6.93. The number of aromatic carboxylic acids is 1. The van der Waals surface area contributed by atoms with Crippen LogP contribution in [0.5, 0.6) is 0 Å². The monoisotopic (exact) mass is 431 g/mol. The Morgan fingerprint density at radius 2 is 2.13 bits per heavy atom. The number of carbonyl (C=O) groups is 2. The first-order chi connectivity index (χ1) is 14.4. The lowest BCUT2D eigenvalue weighted by Gasteiger charge is -2.08. The molecule has 5 N–H and O–H groups in total. The molecule has 0 atom stereocenters. The SMILES string of the molecule is Cn1cc(N)c(C(=O)NCCOCCNc2cc(-c3nc(C(=O)O)cs3)ccn2)n1. The lowest BCUT2D eigenvalue weighted by atomic mass is 10.2. The van der Waals surface area contributed by atoms with Crippen LogP contribution in [-0.2, 0) is 11.8 Å². The van der Waals surface area contributed by atoms with E-state index in [1.165, 1.54) is 21.4 Å². The molecule has 0 aliphatic carbocycles. The van der Waals surface area contributed by atoms with Gasteiger partial charge in [0.15, 0.2) is 11.4 Å². The average Bonchev–Trinajstić information content (AvgIpc) is 3.34. The normalized spacial score (nSPS) is 10.7. The van der Waals surface area contributed by atoms with Gasteiger partial charge in [-0.15, -0.1) is 11.3 Å². The van der Waals surface area contributed by atoms with Gasteiger partial charge >= 0.3 is 5.97 Å². The average molecular weight is 431 g/mol. The van der Waals surface area contributed by atoms with E-state index in [-0.39, 0.29) is 17.3 Å². The highest BCUT2D eigenvalue weighted by Gasteiger charge is 2.13. The van der Waals surface area contributed by atoms with E-state index in [2.05, 4.69) is 25.7 Å². The highest BCUT2D eigenvalue weighted by molar-refractivity contribution is 7.13. The fraction of sp³-hybridized carbons (Fsp3) is 0.278. The van der Waals surface area contributed by atoms with Gasteiger partial charge in [0.2, 0.25) is 0 Å². The minimum atomic E-state index is -1.05. The Labute approximate surface area is 175 Å². The van der Waals surface area contributed by atoms with Crippen molar-refractivity contribution >= 4 is 34.7 Å². The molecule has 0 aliphatic heterocycles. The van der Waals surface area contributed by atoms with Crippen LogP contribution in [0.4, 0.5) is 11.5 Å². The summed E-state index contributed by atoms with van der Waals surface area (Å²) in [5.74, 6) is -0.770. The zero-order chi connectivity index (χ0) is 21.5. The summed E-state index contributed by atoms with van der Waals surface area (Å²) >= 11 is 1.26. The lowest BCUT2D eigenvalue weighted by molar-refractivity contribution is 0.0691. The summed E-state index contributed by atoms with van der Waals surface area (Å²) in [6.07, 6.45) is 3.19. The lowest BCUT2D eigenvalue weighted by Crippen LogP contribution is -2.28. The number of rotatable bonds is 10. The van der Waals surface area contributed by atoms with Crippen LogP contribution in [0.2, 0.25) is 0 Å². The molecular formula is C18H21N7O4S. The van der Waals surface area contributed by atoms with Crippen LogP contribution < -0.4 is 16.4 Å². The number of thiazole rings is 1. The van der Waals surface area contributed by atoms with Crippen molar-refractivity contribution < 1.29 is 19.4 Å². The molecule has 3 aromatic heterocycles. The maximum absolute atomic E-state index is 12.0. The Bertz CT molecular complexity index is 1030. The number of aryl methyl sites for hydroxylation is 1. The number of carboxylic acids is 1. The van der Waals surface area contributed by atoms with E-state index in [9.17, 15) is 9.59 Å². The van der Waals surface area contributed by atoms with Gasteiger partial charge in [0, 0.05) is 43.5 Å². The smallest absolute Gasteiger partial charge is 0.355 e. The number of nitrogens with zero attached hydrogens (tertiary/aromatic N) is 4. The Hall–Kier alpha value is -3.51. The van der Waals surface area contributed by atoms with Gasteiger partial charge in [0.05, 0.1) is 18.9 Å². The highest BCUT2D eigenvalue weighted by atomic mass is 32.1. The number of nitrogen functional groups attached to an aromatic ring is 1. The molecule has 3 rings (SSSR count). The number of ether oxygens (including phenoxy) is 1. The molecule has 0 spiro atoms. The summed E-state index contributed by atoms with van der Waals surface area (Å²) < 4.78 is 6.97. The minimum absolute atomic E-state index is 0.0209. The summed E-state index contributed by atoms with van der Waals surface area (Å²) in [5, 5.41) is 20.9. The van der Waals surface area contributed by atoms with Gasteiger partial charge in [-0.05, 0) is 12.1 Å². The summed E-state index contributed by atoms with van der Waals surface area (Å²) in [5.41, 5.74) is 7.03. The van der Waals surface area contributed by atoms with Crippen molar-refractivity contribution in [2.45, 2.75) is 0 Å². The van der Waals surface area contributed by atoms with Gasteiger partial charge in [-0.3, -0.25) is 9.48 Å². The number of nitrogens with two attached hydrogens (primary N) is 1. The number of amides is 1. The molecule has 12 heteroatoms. The van der Waals surface area contributed by atoms with E-state index < -0.39 is 5.97 Å². The van der Waals surface area contributed by atoms with Crippen LogP contribution in [0.3, 0.4) is 0 Å². The predicted molar refractivity (Wildman–Crippen MR) is 112 cm³/mol. The van der Waals surface area contributed by atoms with Crippen LogP contribution in [0.1, 0.15) is 21.0 Å². The van der Waals surface area contributed by atoms with Crippen molar-refractivity contribution in [3.05, 3.63) is 41.3 Å². The van der Waals surface area contributed by atoms with Crippen LogP contribution >= 0.6 is 11.3 Å². The molecule has 3 heterocycles. The molecule has 1 amide bonds. The first-order valence-electron chi connectivity index (χ1n) is 8.98. The zero-order valence-electron chi connectivity index (χ0n) is 16.2. The molecule has 0 saturated heterocycles. The summed E-state index contributed by atoms with van der Waals surface area (Å²) in [4.78, 5) is 31.2. The van der Waals surface area contributed by atoms with Gasteiger partial charge < -0.3 is 26.2 Å². The second-order valence-corrected chi connectivity index (χ2v) is 7.03. The second-order valence-electron chi connectivity index (χ2n) is 6.17. The summed E-state index contributed by atoms with van der Waals surface area (Å²) in [6, 6.07) is 3.56. The van der Waals surface area contributed by atoms with Crippen molar-refractivity contribution in [2.24, 2.45) is 7.05 Å². The van der Waals surface area contributed by atoms with E-state index in [0.717, 1.165) is 5.56 Å². The molecule has 11 nitrogen and oxygen atoms in total. The first-order valence-corrected chi connectivity index (χ1v) is 9.86. The van der Waals surface area contributed by atoms with Crippen LogP contribution in [0.15, 0.2) is 29.9 Å². The van der Waals surface area contributed by atoms with E-state index in [1.807, 2.05) is 0 Å². The molecule has 0 aromatic carbocycles. The standard InChI is InChI=1S/C18H21N7O4S/c1-25-9-12(19)15(24-25)16(26)22-5-7-29-6-4-21-14-8-11(2-3-20-14)17-23-13(10-30-17)18(27)28/h2-3,8-10H,4-7,19H2,1H3,(H,20,21)(H,22,26)(H,27,28). The van der Waals surface area contributed by atoms with Crippen molar-refractivity contribution in [3.63, 3.8) is 0 Å². The summed E-state index contributed by atoms with van der Waals surface area (Å²) in [6.45, 7) is 1.59. The molecule has 0 bridgehead atoms. The predicted octanol–water partition coefficient (Wildman–Crippen LogP) is 1.08. The molecule has 158 valence electrons. The largest absolute Gasteiger partial charge is 0.476 e. The molecule has 30 heavy (non-hydrogen) atoms. The third-order valence-electron chi connectivity index (χ3n) is 3.89. The molecule has 0 aliphatic rings. The second kappa shape index (κ2) is 9.80. The zero-order valence-corrected chi connectivity index (χ0v) is 17.0. The molecule has 0 saturated carbocycles. The topological polar surface area (TPSA) is 157 Å². The van der Waals surface area contributed by atoms with E-state index in [4.69, 9.17) is 15.6 Å². The molecular weight excluding hydrogens is 410 g/mol. The Morgan fingerprint density at radius 1 is 1.33 bits per heavy atom. The fourth-order valence-corrected chi connectivity index (χ4v) is 3.31. The third-order valence-corrected chi connectivity index (χ3v) is 4.78. The van der Waals surface area contributed by atoms with Crippen molar-refractivity contribution in [1.29, 1.82) is 0 Å². The van der Waals surface area contributed by atoms with Crippen molar-refractivity contribution in [3.8, 4) is 10.6 Å². The number of pyridine rings is 1. The number of hydrogen-bond donors (Lipinski definition) is 4. The molecule has 0 unspecified atom stereocenters. The minimum Gasteiger partial charge on any atom is -0.476 e. The number of carboxylic acid groups (broad SMARTS) is 1. The van der Waals surface area contributed by atoms with Gasteiger partial charge in [-0.1, -0.05) is 0 Å². The van der Waals surface area contributed by atoms with Crippen LogP contribution in [-0.4, -0.2) is 63.0 Å². The Morgan fingerprint density at radius 3 is 2.83 bits per heavy atom. The van der Waals surface area contributed by atoms with E-state index in [1.54, 1.807) is 31.6 Å². The number of carbonyl (C=O) groups excluding carboxylic acids is 1. The quantitative estimate of drug-likeness (QED) is 0.345. The maximum atomic E-state index is 12.0. The van der Waals surface area contributed by atoms with Crippen LogP contribution in [0.25, 0.3) is 10.6 Å². The number of nitrogens with one attached hydrogen (secondary N) is 2. The highest BCUT2D eigenvalue weighted by Crippen LogP contribution is 2.25. The molecule has 3 aromatic rings. The third kappa shape index (κ3) is 5.52. The maximum Gasteiger partial charge on any atom is 0.355 e. The fourth-order valence-electron chi connectivity index (χ4n) is 2.52. The molecule has 0 radical (unpaired) electrons. The van der Waals surface area contributed by atoms with E-state index in [0.29, 0.717) is 42.8 Å². The first kappa shape index (κ1) is 21.2. The summed E-state index contributed by atoms with van der Waals surface area (Å²) in [7, 11) is 1.69.